The summed E-state index contributed by atoms with van der Waals surface area (Å²) in [5.41, 5.74) is 2.08. The third kappa shape index (κ3) is 3.69. The first-order valence-corrected chi connectivity index (χ1v) is 8.29. The molecule has 1 aromatic carbocycles. The molecule has 1 aliphatic rings. The predicted molar refractivity (Wildman–Crippen MR) is 84.8 cm³/mol. The Kier molecular flexibility index (Phi) is 5.50. The second-order valence-corrected chi connectivity index (χ2v) is 5.82. The Balaban J connectivity index is 2.04. The van der Waals surface area contributed by atoms with E-state index in [-0.39, 0.29) is 6.03 Å². The number of nitrogens with zero attached hydrogens (tertiary/aromatic N) is 1. The lowest BCUT2D eigenvalue weighted by Gasteiger charge is -2.22. The molecule has 21 heavy (non-hydrogen) atoms. The number of hydrogen-bond donors (Lipinski definition) is 1. The van der Waals surface area contributed by atoms with Crippen LogP contribution in [0.15, 0.2) is 24.3 Å². The van der Waals surface area contributed by atoms with Gasteiger partial charge in [-0.05, 0) is 36.5 Å². The topological polar surface area (TPSA) is 58.6 Å². The minimum absolute atomic E-state index is 0.239. The number of amides is 2. The summed E-state index contributed by atoms with van der Waals surface area (Å²) in [6.07, 6.45) is 3.37. The van der Waals surface area contributed by atoms with Crippen LogP contribution in [0.5, 0.6) is 0 Å². The first kappa shape index (κ1) is 15.7. The Bertz CT molecular complexity index is 521. The van der Waals surface area contributed by atoms with Crippen molar-refractivity contribution in [2.24, 2.45) is 0 Å². The molecular weight excluding hydrogens is 288 g/mol. The van der Waals surface area contributed by atoms with E-state index >= 15 is 0 Å². The van der Waals surface area contributed by atoms with Gasteiger partial charge in [0.25, 0.3) is 0 Å². The number of hydrogen-bond acceptors (Lipinski definition) is 4. The number of esters is 1. The minimum Gasteiger partial charge on any atom is -0.467 e. The summed E-state index contributed by atoms with van der Waals surface area (Å²) in [6.45, 7) is 0.640. The number of rotatable bonds is 5. The Labute approximate surface area is 129 Å². The summed E-state index contributed by atoms with van der Waals surface area (Å²) in [6, 6.07) is 7.00. The first-order valence-electron chi connectivity index (χ1n) is 6.90. The zero-order valence-electron chi connectivity index (χ0n) is 12.3. The van der Waals surface area contributed by atoms with Crippen LogP contribution in [0.1, 0.15) is 12.0 Å². The van der Waals surface area contributed by atoms with Crippen molar-refractivity contribution in [2.45, 2.75) is 18.9 Å². The van der Waals surface area contributed by atoms with Gasteiger partial charge in [-0.25, -0.2) is 9.59 Å². The molecular formula is C15H20N2O3S. The van der Waals surface area contributed by atoms with E-state index in [0.29, 0.717) is 13.0 Å². The molecule has 2 rings (SSSR count). The molecule has 2 amide bonds. The number of urea groups is 1. The molecule has 1 aliphatic heterocycles. The van der Waals surface area contributed by atoms with Gasteiger partial charge >= 0.3 is 12.0 Å². The molecule has 1 atom stereocenters. The molecule has 0 saturated heterocycles. The molecule has 114 valence electrons. The number of methoxy groups -OCH3 is 1. The van der Waals surface area contributed by atoms with Crippen molar-refractivity contribution >= 4 is 29.4 Å². The highest BCUT2D eigenvalue weighted by Crippen LogP contribution is 2.27. The SMILES string of the molecule is COC(=O)[C@@H](CCSC)NC(=O)N1CCc2ccccc21. The van der Waals surface area contributed by atoms with Crippen LogP contribution in [0.3, 0.4) is 0 Å². The summed E-state index contributed by atoms with van der Waals surface area (Å²) in [7, 11) is 1.34. The lowest BCUT2D eigenvalue weighted by atomic mass is 10.2. The van der Waals surface area contributed by atoms with E-state index in [9.17, 15) is 9.59 Å². The summed E-state index contributed by atoms with van der Waals surface area (Å²) < 4.78 is 4.76. The monoisotopic (exact) mass is 308 g/mol. The van der Waals surface area contributed by atoms with Gasteiger partial charge in [0.1, 0.15) is 6.04 Å². The van der Waals surface area contributed by atoms with E-state index in [2.05, 4.69) is 5.32 Å². The fourth-order valence-electron chi connectivity index (χ4n) is 2.40. The van der Waals surface area contributed by atoms with Gasteiger partial charge in [0.05, 0.1) is 7.11 Å². The van der Waals surface area contributed by atoms with Crippen molar-refractivity contribution in [3.05, 3.63) is 29.8 Å². The molecule has 6 heteroatoms. The van der Waals surface area contributed by atoms with Crippen molar-refractivity contribution < 1.29 is 14.3 Å². The first-order chi connectivity index (χ1) is 10.2. The summed E-state index contributed by atoms with van der Waals surface area (Å²) in [5.74, 6) is 0.390. The second-order valence-electron chi connectivity index (χ2n) is 4.84. The van der Waals surface area contributed by atoms with E-state index in [1.165, 1.54) is 7.11 Å². The quantitative estimate of drug-likeness (QED) is 0.846. The van der Waals surface area contributed by atoms with Crippen molar-refractivity contribution in [3.63, 3.8) is 0 Å². The van der Waals surface area contributed by atoms with E-state index in [0.717, 1.165) is 23.4 Å². The van der Waals surface area contributed by atoms with Crippen molar-refractivity contribution in [3.8, 4) is 0 Å². The lowest BCUT2D eigenvalue weighted by molar-refractivity contribution is -0.142. The molecule has 1 heterocycles. The number of thioether (sulfide) groups is 1. The average molecular weight is 308 g/mol. The van der Waals surface area contributed by atoms with Gasteiger partial charge in [-0.1, -0.05) is 18.2 Å². The van der Waals surface area contributed by atoms with Gasteiger partial charge in [-0.3, -0.25) is 4.90 Å². The smallest absolute Gasteiger partial charge is 0.328 e. The van der Waals surface area contributed by atoms with Gasteiger partial charge in [0, 0.05) is 12.2 Å². The largest absolute Gasteiger partial charge is 0.467 e. The van der Waals surface area contributed by atoms with Gasteiger partial charge in [-0.2, -0.15) is 11.8 Å². The third-order valence-corrected chi connectivity index (χ3v) is 4.17. The standard InChI is InChI=1S/C15H20N2O3S/c1-20-14(18)12(8-10-21-2)16-15(19)17-9-7-11-5-3-4-6-13(11)17/h3-6,12H,7-10H2,1-2H3,(H,16,19)/t12-/m1/s1. The average Bonchev–Trinajstić information content (AvgIpc) is 2.94. The molecule has 0 aromatic heterocycles. The molecule has 1 N–H and O–H groups in total. The highest BCUT2D eigenvalue weighted by Gasteiger charge is 2.28. The van der Waals surface area contributed by atoms with Crippen LogP contribution >= 0.6 is 11.8 Å². The van der Waals surface area contributed by atoms with Gasteiger partial charge in [0.2, 0.25) is 0 Å². The number of nitrogens with one attached hydrogen (secondary N) is 1. The fourth-order valence-corrected chi connectivity index (χ4v) is 2.87. The highest BCUT2D eigenvalue weighted by atomic mass is 32.2. The van der Waals surface area contributed by atoms with Crippen LogP contribution < -0.4 is 10.2 Å². The normalized spacial score (nSPS) is 14.5. The number of fused-ring (bicyclic) bond motifs is 1. The summed E-state index contributed by atoms with van der Waals surface area (Å²) in [4.78, 5) is 25.8. The maximum atomic E-state index is 12.4. The van der Waals surface area contributed by atoms with Gasteiger partial charge in [0.15, 0.2) is 0 Å². The molecule has 0 aliphatic carbocycles. The van der Waals surface area contributed by atoms with Crippen molar-refractivity contribution in [1.82, 2.24) is 5.32 Å². The number of ether oxygens (including phenoxy) is 1. The van der Waals surface area contributed by atoms with Crippen molar-refractivity contribution in [2.75, 3.05) is 30.6 Å². The number of benzene rings is 1. The molecule has 0 unspecified atom stereocenters. The van der Waals surface area contributed by atoms with E-state index in [1.54, 1.807) is 16.7 Å². The van der Waals surface area contributed by atoms with E-state index < -0.39 is 12.0 Å². The molecule has 1 aromatic rings. The molecule has 0 fully saturated rings. The molecule has 5 nitrogen and oxygen atoms in total. The van der Waals surface area contributed by atoms with Gasteiger partial charge < -0.3 is 10.1 Å². The lowest BCUT2D eigenvalue weighted by Crippen LogP contribution is -2.48. The fraction of sp³-hybridized carbons (Fsp3) is 0.467. The Morgan fingerprint density at radius 3 is 2.90 bits per heavy atom. The molecule has 0 spiro atoms. The Morgan fingerprint density at radius 1 is 1.43 bits per heavy atom. The highest BCUT2D eigenvalue weighted by molar-refractivity contribution is 7.98. The van der Waals surface area contributed by atoms with Crippen LogP contribution in [0.25, 0.3) is 0 Å². The van der Waals surface area contributed by atoms with Crippen LogP contribution in [-0.2, 0) is 16.0 Å². The van der Waals surface area contributed by atoms with E-state index in [4.69, 9.17) is 4.74 Å². The Hall–Kier alpha value is -1.69. The van der Waals surface area contributed by atoms with Crippen molar-refractivity contribution in [1.29, 1.82) is 0 Å². The molecule has 0 saturated carbocycles. The maximum absolute atomic E-state index is 12.4. The zero-order chi connectivity index (χ0) is 15.2. The summed E-state index contributed by atoms with van der Waals surface area (Å²) in [5, 5.41) is 2.78. The maximum Gasteiger partial charge on any atom is 0.328 e. The molecule has 0 radical (unpaired) electrons. The zero-order valence-corrected chi connectivity index (χ0v) is 13.1. The van der Waals surface area contributed by atoms with Gasteiger partial charge in [-0.15, -0.1) is 0 Å². The second kappa shape index (κ2) is 7.36. The minimum atomic E-state index is -0.595. The predicted octanol–water partition coefficient (Wildman–Crippen LogP) is 2.05. The van der Waals surface area contributed by atoms with Crippen LogP contribution in [0, 0.1) is 0 Å². The molecule has 0 bridgehead atoms. The number of anilines is 1. The van der Waals surface area contributed by atoms with Crippen LogP contribution in [0.2, 0.25) is 0 Å². The number of para-hydroxylation sites is 1. The van der Waals surface area contributed by atoms with Crippen LogP contribution in [0.4, 0.5) is 10.5 Å². The van der Waals surface area contributed by atoms with Crippen LogP contribution in [-0.4, -0.2) is 43.7 Å². The third-order valence-electron chi connectivity index (χ3n) is 3.53. The summed E-state index contributed by atoms with van der Waals surface area (Å²) >= 11 is 1.63. The van der Waals surface area contributed by atoms with E-state index in [1.807, 2.05) is 30.5 Å². The Morgan fingerprint density at radius 2 is 2.19 bits per heavy atom. The number of carbonyl (C=O) groups excluding carboxylic acids is 2. The number of carbonyl (C=O) groups is 2.